The van der Waals surface area contributed by atoms with Gasteiger partial charge in [0.25, 0.3) is 0 Å². The molecule has 0 aromatic heterocycles. The molecule has 8 aromatic carbocycles. The third kappa shape index (κ3) is 10.0. The van der Waals surface area contributed by atoms with Crippen molar-refractivity contribution in [2.24, 2.45) is 0 Å². The van der Waals surface area contributed by atoms with E-state index in [1.807, 2.05) is 0 Å². The first-order chi connectivity index (χ1) is 34.1. The molecule has 0 radical (unpaired) electrons. The van der Waals surface area contributed by atoms with Gasteiger partial charge in [0.2, 0.25) is 0 Å². The van der Waals surface area contributed by atoms with Gasteiger partial charge in [0.1, 0.15) is 0 Å². The molecule has 4 heteroatoms. The fraction of sp³-hybridized carbons (Fsp3) is 0.152. The van der Waals surface area contributed by atoms with E-state index in [2.05, 4.69) is 286 Å². The Morgan fingerprint density at radius 3 is 0.829 bits per heavy atom. The molecule has 0 saturated carbocycles. The van der Waals surface area contributed by atoms with Gasteiger partial charge >= 0.3 is 0 Å². The first-order valence-electron chi connectivity index (χ1n) is 24.7. The summed E-state index contributed by atoms with van der Waals surface area (Å²) in [5.41, 5.74) is 22.9. The van der Waals surface area contributed by atoms with Gasteiger partial charge in [0.15, 0.2) is 0 Å². The standard InChI is InChI=1S/C66H62N4/c1-47-7-23-55(24-8-47)67(56-25-9-48(2)10-26-56)63-39-43-65(44-40-63)69(59-31-15-51(5)16-32-59)61-35-19-53(20-36-61)54-21-37-62(38-22-54)70(60-33-17-52(6)18-34-60)66-45-41-64(42-46-66)68(57-27-11-49(3)12-28-57)58-29-13-50(4)14-30-58/h7-21,23-39,41-43,45-46,54H,22,40,44H2,1-6H3. The molecular formula is C66H62N4. The third-order valence-corrected chi connectivity index (χ3v) is 13.7. The van der Waals surface area contributed by atoms with E-state index in [-0.39, 0.29) is 5.92 Å². The van der Waals surface area contributed by atoms with E-state index in [4.69, 9.17) is 0 Å². The fourth-order valence-corrected chi connectivity index (χ4v) is 9.65. The molecule has 0 bridgehead atoms. The zero-order valence-electron chi connectivity index (χ0n) is 41.3. The molecule has 4 nitrogen and oxygen atoms in total. The van der Waals surface area contributed by atoms with Crippen molar-refractivity contribution in [2.45, 2.75) is 66.7 Å². The predicted octanol–water partition coefficient (Wildman–Crippen LogP) is 18.3. The minimum Gasteiger partial charge on any atom is -0.314 e. The molecule has 8 aromatic rings. The van der Waals surface area contributed by atoms with E-state index in [1.165, 1.54) is 73.1 Å². The first-order valence-corrected chi connectivity index (χ1v) is 24.7. The SMILES string of the molecule is Cc1ccc(N(C2=CCC(c3ccc(N(C4=CC=C(N(c5ccc(C)cc5)c5ccc(C)cc5)CC4)c4ccc(C)cc4)cc3)C=C2)c2ccc(N(c3ccc(C)cc3)c3ccc(C)cc3)cc2)cc1. The van der Waals surface area contributed by atoms with Crippen LogP contribution < -0.4 is 19.6 Å². The number of hydrogen-bond acceptors (Lipinski definition) is 4. The highest BCUT2D eigenvalue weighted by Gasteiger charge is 2.24. The van der Waals surface area contributed by atoms with Crippen LogP contribution in [0.15, 0.2) is 242 Å². The average Bonchev–Trinajstić information content (AvgIpc) is 3.39. The summed E-state index contributed by atoms with van der Waals surface area (Å²) in [4.78, 5) is 9.58. The third-order valence-electron chi connectivity index (χ3n) is 13.7. The summed E-state index contributed by atoms with van der Waals surface area (Å²) in [6.45, 7) is 12.9. The summed E-state index contributed by atoms with van der Waals surface area (Å²) in [5.74, 6) is 0.263. The Morgan fingerprint density at radius 2 is 0.557 bits per heavy atom. The molecule has 0 saturated heterocycles. The maximum absolute atomic E-state index is 2.44. The lowest BCUT2D eigenvalue weighted by Crippen LogP contribution is -2.22. The molecule has 10 rings (SSSR count). The molecule has 346 valence electrons. The van der Waals surface area contributed by atoms with Crippen LogP contribution in [0.2, 0.25) is 0 Å². The number of anilines is 9. The summed E-state index contributed by atoms with van der Waals surface area (Å²) in [6.07, 6.45) is 14.5. The molecule has 1 unspecified atom stereocenters. The van der Waals surface area contributed by atoms with Crippen molar-refractivity contribution in [3.63, 3.8) is 0 Å². The molecule has 0 N–H and O–H groups in total. The summed E-state index contributed by atoms with van der Waals surface area (Å²) >= 11 is 0. The summed E-state index contributed by atoms with van der Waals surface area (Å²) in [7, 11) is 0. The molecule has 2 aliphatic rings. The largest absolute Gasteiger partial charge is 0.314 e. The highest BCUT2D eigenvalue weighted by Crippen LogP contribution is 2.42. The maximum atomic E-state index is 2.44. The summed E-state index contributed by atoms with van der Waals surface area (Å²) < 4.78 is 0. The Labute approximate surface area is 416 Å². The smallest absolute Gasteiger partial charge is 0.0463 e. The predicted molar refractivity (Wildman–Crippen MR) is 298 cm³/mol. The Morgan fingerprint density at radius 1 is 0.300 bits per heavy atom. The van der Waals surface area contributed by atoms with E-state index in [0.717, 1.165) is 53.4 Å². The first kappa shape index (κ1) is 45.7. The van der Waals surface area contributed by atoms with Crippen molar-refractivity contribution in [3.8, 4) is 0 Å². The summed E-state index contributed by atoms with van der Waals surface area (Å²) in [5, 5.41) is 0. The van der Waals surface area contributed by atoms with Crippen LogP contribution in [0.25, 0.3) is 0 Å². The van der Waals surface area contributed by atoms with Gasteiger partial charge in [-0.1, -0.05) is 130 Å². The highest BCUT2D eigenvalue weighted by molar-refractivity contribution is 5.80. The van der Waals surface area contributed by atoms with Crippen LogP contribution in [0.3, 0.4) is 0 Å². The minimum atomic E-state index is 0.263. The van der Waals surface area contributed by atoms with Gasteiger partial charge in [0.05, 0.1) is 0 Å². The summed E-state index contributed by atoms with van der Waals surface area (Å²) in [6, 6.07) is 71.4. The van der Waals surface area contributed by atoms with Gasteiger partial charge in [-0.2, -0.15) is 0 Å². The molecular weight excluding hydrogens is 849 g/mol. The Balaban J connectivity index is 0.915. The maximum Gasteiger partial charge on any atom is 0.0463 e. The Hall–Kier alpha value is -8.08. The molecule has 0 heterocycles. The van der Waals surface area contributed by atoms with Crippen LogP contribution >= 0.6 is 0 Å². The van der Waals surface area contributed by atoms with Crippen LogP contribution in [0.5, 0.6) is 0 Å². The van der Waals surface area contributed by atoms with Crippen LogP contribution in [0, 0.1) is 41.5 Å². The molecule has 0 aliphatic heterocycles. The van der Waals surface area contributed by atoms with E-state index >= 15 is 0 Å². The highest BCUT2D eigenvalue weighted by atomic mass is 15.2. The van der Waals surface area contributed by atoms with Crippen molar-refractivity contribution < 1.29 is 0 Å². The molecule has 70 heavy (non-hydrogen) atoms. The topological polar surface area (TPSA) is 13.0 Å². The van der Waals surface area contributed by atoms with Crippen molar-refractivity contribution in [3.05, 3.63) is 281 Å². The van der Waals surface area contributed by atoms with E-state index in [1.54, 1.807) is 0 Å². The van der Waals surface area contributed by atoms with Crippen LogP contribution in [-0.2, 0) is 0 Å². The van der Waals surface area contributed by atoms with Gasteiger partial charge in [-0.05, 0) is 194 Å². The second kappa shape index (κ2) is 20.3. The quantitative estimate of drug-likeness (QED) is 0.114. The number of rotatable bonds is 13. The van der Waals surface area contributed by atoms with E-state index in [0.29, 0.717) is 0 Å². The second-order valence-electron chi connectivity index (χ2n) is 19.1. The molecule has 0 spiro atoms. The minimum absolute atomic E-state index is 0.263. The van der Waals surface area contributed by atoms with Crippen LogP contribution in [-0.4, -0.2) is 0 Å². The number of nitrogens with zero attached hydrogens (tertiary/aromatic N) is 4. The van der Waals surface area contributed by atoms with Crippen molar-refractivity contribution in [2.75, 3.05) is 19.6 Å². The average molecular weight is 911 g/mol. The second-order valence-corrected chi connectivity index (χ2v) is 19.1. The van der Waals surface area contributed by atoms with E-state index < -0.39 is 0 Å². The van der Waals surface area contributed by atoms with Gasteiger partial charge in [-0.25, -0.2) is 0 Å². The number of hydrogen-bond donors (Lipinski definition) is 0. The van der Waals surface area contributed by atoms with E-state index in [9.17, 15) is 0 Å². The van der Waals surface area contributed by atoms with Gasteiger partial charge in [-0.3, -0.25) is 0 Å². The molecule has 2 aliphatic carbocycles. The normalized spacial score (nSPS) is 14.3. The monoisotopic (exact) mass is 910 g/mol. The van der Waals surface area contributed by atoms with Crippen molar-refractivity contribution >= 4 is 51.2 Å². The molecule has 0 fully saturated rings. The van der Waals surface area contributed by atoms with Crippen LogP contribution in [0.1, 0.15) is 64.1 Å². The van der Waals surface area contributed by atoms with Crippen molar-refractivity contribution in [1.29, 1.82) is 0 Å². The lowest BCUT2D eigenvalue weighted by atomic mass is 9.91. The zero-order valence-corrected chi connectivity index (χ0v) is 41.3. The Bertz CT molecular complexity index is 3080. The fourth-order valence-electron chi connectivity index (χ4n) is 9.65. The lowest BCUT2D eigenvalue weighted by Gasteiger charge is -2.34. The number of aryl methyl sites for hydroxylation is 6. The Kier molecular flexibility index (Phi) is 13.2. The number of benzene rings is 8. The zero-order chi connectivity index (χ0) is 48.1. The molecule has 0 amide bonds. The van der Waals surface area contributed by atoms with Crippen molar-refractivity contribution in [1.82, 2.24) is 0 Å². The van der Waals surface area contributed by atoms with Gasteiger partial charge < -0.3 is 19.6 Å². The lowest BCUT2D eigenvalue weighted by molar-refractivity contribution is 0.837. The van der Waals surface area contributed by atoms with Gasteiger partial charge in [0, 0.05) is 74.2 Å². The molecule has 1 atom stereocenters. The number of allylic oxidation sites excluding steroid dienone is 7. The van der Waals surface area contributed by atoms with Gasteiger partial charge in [-0.15, -0.1) is 0 Å². The van der Waals surface area contributed by atoms with Crippen LogP contribution in [0.4, 0.5) is 51.2 Å².